The van der Waals surface area contributed by atoms with Crippen LogP contribution in [0.25, 0.3) is 0 Å². The second-order valence-electron chi connectivity index (χ2n) is 5.28. The molecule has 1 aliphatic heterocycles. The molecule has 98 valence electrons. The van der Waals surface area contributed by atoms with E-state index in [0.717, 1.165) is 12.5 Å². The molecule has 3 rings (SSSR count). The minimum atomic E-state index is -0.443. The van der Waals surface area contributed by atoms with Gasteiger partial charge in [0.05, 0.1) is 18.1 Å². The van der Waals surface area contributed by atoms with E-state index in [9.17, 15) is 9.59 Å². The number of carbonyl (C=O) groups is 2. The standard InChI is InChI=1S/C13H16O5/c1-3-10(14)18-9-5-13(16-2)4-7(9)11-8(13)6-17-12(11)15/h3,7-9,11H,1,4-6H2,2H3. The van der Waals surface area contributed by atoms with Crippen LogP contribution in [0.1, 0.15) is 12.8 Å². The highest BCUT2D eigenvalue weighted by molar-refractivity contribution is 5.81. The maximum absolute atomic E-state index is 11.8. The van der Waals surface area contributed by atoms with E-state index in [4.69, 9.17) is 14.2 Å². The summed E-state index contributed by atoms with van der Waals surface area (Å²) in [5.41, 5.74) is -0.367. The van der Waals surface area contributed by atoms with Gasteiger partial charge in [-0.05, 0) is 6.42 Å². The van der Waals surface area contributed by atoms with Crippen molar-refractivity contribution in [1.82, 2.24) is 0 Å². The summed E-state index contributed by atoms with van der Waals surface area (Å²) >= 11 is 0. The largest absolute Gasteiger partial charge is 0.465 e. The molecule has 0 aromatic rings. The molecule has 2 saturated carbocycles. The van der Waals surface area contributed by atoms with Crippen molar-refractivity contribution in [3.8, 4) is 0 Å². The van der Waals surface area contributed by atoms with Crippen LogP contribution in [0.3, 0.4) is 0 Å². The molecule has 1 heterocycles. The monoisotopic (exact) mass is 252 g/mol. The highest BCUT2D eigenvalue weighted by Gasteiger charge is 2.68. The molecule has 2 bridgehead atoms. The number of hydrogen-bond donors (Lipinski definition) is 0. The molecule has 5 nitrogen and oxygen atoms in total. The fraction of sp³-hybridized carbons (Fsp3) is 0.692. The summed E-state index contributed by atoms with van der Waals surface area (Å²) in [5.74, 6) is -0.668. The highest BCUT2D eigenvalue weighted by atomic mass is 16.6. The van der Waals surface area contributed by atoms with Gasteiger partial charge in [0.25, 0.3) is 0 Å². The lowest BCUT2D eigenvalue weighted by Gasteiger charge is -2.35. The van der Waals surface area contributed by atoms with Crippen LogP contribution in [0.2, 0.25) is 0 Å². The van der Waals surface area contributed by atoms with Gasteiger partial charge in [0.15, 0.2) is 0 Å². The molecule has 5 unspecified atom stereocenters. The molecule has 5 atom stereocenters. The van der Waals surface area contributed by atoms with E-state index in [2.05, 4.69) is 6.58 Å². The van der Waals surface area contributed by atoms with Crippen molar-refractivity contribution in [2.75, 3.05) is 13.7 Å². The number of fused-ring (bicyclic) bond motifs is 5. The van der Waals surface area contributed by atoms with Crippen molar-refractivity contribution in [3.63, 3.8) is 0 Å². The lowest BCUT2D eigenvalue weighted by molar-refractivity contribution is -0.154. The van der Waals surface area contributed by atoms with Crippen molar-refractivity contribution in [1.29, 1.82) is 0 Å². The number of methoxy groups -OCH3 is 1. The predicted octanol–water partition coefficient (Wildman–Crippen LogP) is 0.682. The van der Waals surface area contributed by atoms with Crippen molar-refractivity contribution in [2.45, 2.75) is 24.5 Å². The first-order chi connectivity index (χ1) is 8.61. The molecule has 0 amide bonds. The second-order valence-corrected chi connectivity index (χ2v) is 5.28. The minimum Gasteiger partial charge on any atom is -0.465 e. The summed E-state index contributed by atoms with van der Waals surface area (Å²) in [5, 5.41) is 0. The van der Waals surface area contributed by atoms with Crippen LogP contribution in [0.4, 0.5) is 0 Å². The number of rotatable bonds is 3. The number of carbonyl (C=O) groups excluding carboxylic acids is 2. The SMILES string of the molecule is C=CC(=O)OC1CC2(OC)CC1C1C(=O)OCC12. The Labute approximate surface area is 105 Å². The third-order valence-electron chi connectivity index (χ3n) is 4.69. The smallest absolute Gasteiger partial charge is 0.330 e. The van der Waals surface area contributed by atoms with Crippen LogP contribution in [0.15, 0.2) is 12.7 Å². The van der Waals surface area contributed by atoms with Crippen molar-refractivity contribution in [3.05, 3.63) is 12.7 Å². The van der Waals surface area contributed by atoms with Gasteiger partial charge in [0, 0.05) is 31.4 Å². The molecule has 2 aliphatic carbocycles. The summed E-state index contributed by atoms with van der Waals surface area (Å²) in [7, 11) is 1.65. The number of hydrogen-bond acceptors (Lipinski definition) is 5. The molecular formula is C13H16O5. The fourth-order valence-electron chi connectivity index (χ4n) is 3.90. The van der Waals surface area contributed by atoms with Crippen molar-refractivity contribution < 1.29 is 23.8 Å². The number of ether oxygens (including phenoxy) is 3. The zero-order valence-corrected chi connectivity index (χ0v) is 10.3. The van der Waals surface area contributed by atoms with Gasteiger partial charge in [-0.15, -0.1) is 0 Å². The molecule has 0 spiro atoms. The van der Waals surface area contributed by atoms with E-state index in [-0.39, 0.29) is 35.4 Å². The quantitative estimate of drug-likeness (QED) is 0.546. The predicted molar refractivity (Wildman–Crippen MR) is 60.5 cm³/mol. The normalized spacial score (nSPS) is 44.6. The summed E-state index contributed by atoms with van der Waals surface area (Å²) in [6.45, 7) is 3.81. The maximum atomic E-state index is 11.8. The molecule has 0 N–H and O–H groups in total. The zero-order valence-electron chi connectivity index (χ0n) is 10.3. The van der Waals surface area contributed by atoms with E-state index in [0.29, 0.717) is 13.0 Å². The summed E-state index contributed by atoms with van der Waals surface area (Å²) in [6, 6.07) is 0. The van der Waals surface area contributed by atoms with Gasteiger partial charge in [-0.1, -0.05) is 6.58 Å². The van der Waals surface area contributed by atoms with Gasteiger partial charge in [-0.25, -0.2) is 4.79 Å². The van der Waals surface area contributed by atoms with Gasteiger partial charge in [-0.3, -0.25) is 4.79 Å². The Bertz CT molecular complexity index is 418. The first-order valence-corrected chi connectivity index (χ1v) is 6.16. The van der Waals surface area contributed by atoms with Crippen LogP contribution in [0, 0.1) is 17.8 Å². The van der Waals surface area contributed by atoms with Gasteiger partial charge in [0.1, 0.15) is 6.10 Å². The van der Waals surface area contributed by atoms with Gasteiger partial charge in [0.2, 0.25) is 0 Å². The number of esters is 2. The van der Waals surface area contributed by atoms with E-state index in [1.165, 1.54) is 0 Å². The Morgan fingerprint density at radius 2 is 2.33 bits per heavy atom. The Morgan fingerprint density at radius 1 is 1.56 bits per heavy atom. The van der Waals surface area contributed by atoms with Crippen molar-refractivity contribution in [2.24, 2.45) is 17.8 Å². The third kappa shape index (κ3) is 1.37. The van der Waals surface area contributed by atoms with Gasteiger partial charge >= 0.3 is 11.9 Å². The summed E-state index contributed by atoms with van der Waals surface area (Å²) in [4.78, 5) is 23.1. The van der Waals surface area contributed by atoms with Crippen LogP contribution in [0.5, 0.6) is 0 Å². The fourth-order valence-corrected chi connectivity index (χ4v) is 3.90. The van der Waals surface area contributed by atoms with Crippen molar-refractivity contribution >= 4 is 11.9 Å². The first-order valence-electron chi connectivity index (χ1n) is 6.16. The van der Waals surface area contributed by atoms with Gasteiger partial charge in [-0.2, -0.15) is 0 Å². The van der Waals surface area contributed by atoms with Crippen LogP contribution in [-0.2, 0) is 23.8 Å². The Balaban J connectivity index is 1.85. The van der Waals surface area contributed by atoms with Crippen LogP contribution < -0.4 is 0 Å². The molecule has 3 fully saturated rings. The van der Waals surface area contributed by atoms with Crippen LogP contribution in [-0.4, -0.2) is 37.4 Å². The van der Waals surface area contributed by atoms with E-state index >= 15 is 0 Å². The average molecular weight is 252 g/mol. The topological polar surface area (TPSA) is 61.8 Å². The Hall–Kier alpha value is -1.36. The molecule has 1 saturated heterocycles. The number of cyclic esters (lactones) is 1. The molecule has 3 aliphatic rings. The molecule has 0 radical (unpaired) electrons. The van der Waals surface area contributed by atoms with E-state index < -0.39 is 5.97 Å². The molecule has 5 heteroatoms. The summed E-state index contributed by atoms with van der Waals surface area (Å²) in [6.07, 6.45) is 2.30. The molecule has 0 aromatic carbocycles. The minimum absolute atomic E-state index is 0.0221. The zero-order chi connectivity index (χ0) is 12.9. The summed E-state index contributed by atoms with van der Waals surface area (Å²) < 4.78 is 16.1. The van der Waals surface area contributed by atoms with Gasteiger partial charge < -0.3 is 14.2 Å². The lowest BCUT2D eigenvalue weighted by Crippen LogP contribution is -2.44. The molecule has 18 heavy (non-hydrogen) atoms. The average Bonchev–Trinajstić information content (AvgIpc) is 3.00. The third-order valence-corrected chi connectivity index (χ3v) is 4.69. The van der Waals surface area contributed by atoms with Crippen LogP contribution >= 0.6 is 0 Å². The Morgan fingerprint density at radius 3 is 3.00 bits per heavy atom. The Kier molecular flexibility index (Phi) is 2.48. The lowest BCUT2D eigenvalue weighted by atomic mass is 9.77. The second kappa shape index (κ2) is 3.82. The maximum Gasteiger partial charge on any atom is 0.330 e. The molecule has 0 aromatic heterocycles. The first kappa shape index (κ1) is 11.7. The van der Waals surface area contributed by atoms with E-state index in [1.54, 1.807) is 7.11 Å². The molecular weight excluding hydrogens is 236 g/mol. The van der Waals surface area contributed by atoms with E-state index in [1.807, 2.05) is 0 Å². The highest BCUT2D eigenvalue weighted by Crippen LogP contribution is 2.59.